The topological polar surface area (TPSA) is 41.1 Å². The summed E-state index contributed by atoms with van der Waals surface area (Å²) in [5.74, 6) is 0.959. The quantitative estimate of drug-likeness (QED) is 0.740. The first kappa shape index (κ1) is 10.9. The zero-order valence-electron chi connectivity index (χ0n) is 9.43. The van der Waals surface area contributed by atoms with Crippen LogP contribution in [0.15, 0.2) is 0 Å². The normalized spacial score (nSPS) is 24.3. The molecule has 0 aromatic rings. The predicted octanol–water partition coefficient (Wildman–Crippen LogP) is 1.43. The molecular formula is C12H22N2O. The van der Waals surface area contributed by atoms with Gasteiger partial charge >= 0.3 is 0 Å². The maximum absolute atomic E-state index is 11.7. The molecule has 2 rings (SSSR count). The Hall–Kier alpha value is -0.570. The van der Waals surface area contributed by atoms with Gasteiger partial charge in [-0.3, -0.25) is 4.79 Å². The summed E-state index contributed by atoms with van der Waals surface area (Å²) >= 11 is 0. The molecule has 3 heteroatoms. The lowest BCUT2D eigenvalue weighted by Gasteiger charge is -2.24. The van der Waals surface area contributed by atoms with Crippen LogP contribution in [-0.4, -0.2) is 25.0 Å². The summed E-state index contributed by atoms with van der Waals surface area (Å²) in [4.78, 5) is 11.7. The number of hydrogen-bond acceptors (Lipinski definition) is 2. The molecule has 1 saturated heterocycles. The second kappa shape index (κ2) is 5.50. The molecule has 0 bridgehead atoms. The third-order valence-electron chi connectivity index (χ3n) is 3.65. The van der Waals surface area contributed by atoms with Crippen LogP contribution in [0.3, 0.4) is 0 Å². The third-order valence-corrected chi connectivity index (χ3v) is 3.65. The number of carbonyl (C=O) groups excluding carboxylic acids is 1. The minimum atomic E-state index is 0.286. The molecule has 2 fully saturated rings. The fourth-order valence-corrected chi connectivity index (χ4v) is 2.73. The van der Waals surface area contributed by atoms with Gasteiger partial charge in [-0.25, -0.2) is 0 Å². The van der Waals surface area contributed by atoms with Crippen LogP contribution in [0.4, 0.5) is 0 Å². The van der Waals surface area contributed by atoms with Gasteiger partial charge in [0.1, 0.15) is 0 Å². The zero-order chi connectivity index (χ0) is 10.5. The Morgan fingerprint density at radius 3 is 2.47 bits per heavy atom. The van der Waals surface area contributed by atoms with E-state index in [2.05, 4.69) is 10.6 Å². The van der Waals surface area contributed by atoms with E-state index in [1.165, 1.54) is 25.7 Å². The van der Waals surface area contributed by atoms with Gasteiger partial charge < -0.3 is 10.6 Å². The Labute approximate surface area is 92.0 Å². The molecule has 0 atom stereocenters. The molecular weight excluding hydrogens is 188 g/mol. The molecule has 0 aromatic carbocycles. The van der Waals surface area contributed by atoms with E-state index in [9.17, 15) is 4.79 Å². The lowest BCUT2D eigenvalue weighted by Crippen LogP contribution is -2.43. The lowest BCUT2D eigenvalue weighted by molar-refractivity contribution is -0.122. The molecule has 1 heterocycles. The largest absolute Gasteiger partial charge is 0.353 e. The van der Waals surface area contributed by atoms with Crippen molar-refractivity contribution in [3.05, 3.63) is 0 Å². The van der Waals surface area contributed by atoms with Crippen LogP contribution in [0, 0.1) is 5.92 Å². The molecule has 3 nitrogen and oxygen atoms in total. The van der Waals surface area contributed by atoms with E-state index in [-0.39, 0.29) is 5.91 Å². The number of nitrogens with one attached hydrogen (secondary N) is 2. The van der Waals surface area contributed by atoms with Crippen molar-refractivity contribution in [1.29, 1.82) is 0 Å². The minimum Gasteiger partial charge on any atom is -0.353 e. The van der Waals surface area contributed by atoms with Gasteiger partial charge in [-0.2, -0.15) is 0 Å². The molecule has 1 amide bonds. The van der Waals surface area contributed by atoms with Gasteiger partial charge in [-0.1, -0.05) is 12.8 Å². The number of amides is 1. The molecule has 2 N–H and O–H groups in total. The lowest BCUT2D eigenvalue weighted by atomic mass is 10.0. The summed E-state index contributed by atoms with van der Waals surface area (Å²) in [6, 6.07) is 0.431. The second-order valence-electron chi connectivity index (χ2n) is 4.95. The highest BCUT2D eigenvalue weighted by molar-refractivity contribution is 5.76. The summed E-state index contributed by atoms with van der Waals surface area (Å²) in [6.45, 7) is 2.10. The number of piperidine rings is 1. The smallest absolute Gasteiger partial charge is 0.220 e. The fraction of sp³-hybridized carbons (Fsp3) is 0.917. The highest BCUT2D eigenvalue weighted by Gasteiger charge is 2.20. The van der Waals surface area contributed by atoms with Crippen molar-refractivity contribution >= 4 is 5.91 Å². The van der Waals surface area contributed by atoms with Crippen LogP contribution >= 0.6 is 0 Å². The zero-order valence-corrected chi connectivity index (χ0v) is 9.43. The molecule has 2 aliphatic rings. The third kappa shape index (κ3) is 3.49. The molecule has 1 saturated carbocycles. The Kier molecular flexibility index (Phi) is 4.01. The molecule has 0 spiro atoms. The van der Waals surface area contributed by atoms with Gasteiger partial charge in [0.05, 0.1) is 0 Å². The van der Waals surface area contributed by atoms with E-state index in [1.54, 1.807) is 0 Å². The van der Waals surface area contributed by atoms with Gasteiger partial charge in [0, 0.05) is 12.5 Å². The molecule has 0 aromatic heterocycles. The van der Waals surface area contributed by atoms with Gasteiger partial charge in [-0.05, 0) is 44.7 Å². The first-order valence-electron chi connectivity index (χ1n) is 6.34. The minimum absolute atomic E-state index is 0.286. The van der Waals surface area contributed by atoms with Crippen LogP contribution < -0.4 is 10.6 Å². The van der Waals surface area contributed by atoms with Crippen molar-refractivity contribution < 1.29 is 4.79 Å². The SMILES string of the molecule is O=C(CC1CCCC1)NC1CCNCC1. The first-order valence-corrected chi connectivity index (χ1v) is 6.34. The average molecular weight is 210 g/mol. The Balaban J connectivity index is 1.66. The molecule has 1 aliphatic carbocycles. The van der Waals surface area contributed by atoms with Crippen molar-refractivity contribution in [2.45, 2.75) is 51.0 Å². The summed E-state index contributed by atoms with van der Waals surface area (Å²) < 4.78 is 0. The van der Waals surface area contributed by atoms with Crippen LogP contribution in [0.2, 0.25) is 0 Å². The van der Waals surface area contributed by atoms with Crippen molar-refractivity contribution in [1.82, 2.24) is 10.6 Å². The van der Waals surface area contributed by atoms with E-state index in [0.29, 0.717) is 12.0 Å². The average Bonchev–Trinajstić information content (AvgIpc) is 2.71. The van der Waals surface area contributed by atoms with Crippen molar-refractivity contribution in [3.8, 4) is 0 Å². The van der Waals surface area contributed by atoms with Crippen molar-refractivity contribution in [3.63, 3.8) is 0 Å². The molecule has 1 aliphatic heterocycles. The van der Waals surface area contributed by atoms with E-state index in [1.807, 2.05) is 0 Å². The molecule has 15 heavy (non-hydrogen) atoms. The predicted molar refractivity (Wildman–Crippen MR) is 60.6 cm³/mol. The number of rotatable bonds is 3. The van der Waals surface area contributed by atoms with Gasteiger partial charge in [-0.15, -0.1) is 0 Å². The van der Waals surface area contributed by atoms with Gasteiger partial charge in [0.25, 0.3) is 0 Å². The Bertz CT molecular complexity index is 206. The summed E-state index contributed by atoms with van der Waals surface area (Å²) in [5, 5.41) is 6.48. The fourth-order valence-electron chi connectivity index (χ4n) is 2.73. The highest BCUT2D eigenvalue weighted by atomic mass is 16.1. The monoisotopic (exact) mass is 210 g/mol. The van der Waals surface area contributed by atoms with Crippen LogP contribution in [0.25, 0.3) is 0 Å². The van der Waals surface area contributed by atoms with E-state index in [0.717, 1.165) is 32.4 Å². The standard InChI is InChI=1S/C12H22N2O/c15-12(9-10-3-1-2-4-10)14-11-5-7-13-8-6-11/h10-11,13H,1-9H2,(H,14,15). The number of carbonyl (C=O) groups is 1. The van der Waals surface area contributed by atoms with Gasteiger partial charge in [0.15, 0.2) is 0 Å². The highest BCUT2D eigenvalue weighted by Crippen LogP contribution is 2.27. The Morgan fingerprint density at radius 1 is 1.13 bits per heavy atom. The maximum atomic E-state index is 11.7. The van der Waals surface area contributed by atoms with Gasteiger partial charge in [0.2, 0.25) is 5.91 Å². The van der Waals surface area contributed by atoms with Crippen molar-refractivity contribution in [2.24, 2.45) is 5.92 Å². The number of hydrogen-bond donors (Lipinski definition) is 2. The second-order valence-corrected chi connectivity index (χ2v) is 4.95. The summed E-state index contributed by atoms with van der Waals surface area (Å²) in [6.07, 6.45) is 8.13. The Morgan fingerprint density at radius 2 is 1.80 bits per heavy atom. The van der Waals surface area contributed by atoms with Crippen LogP contribution in [0.1, 0.15) is 44.9 Å². The summed E-state index contributed by atoms with van der Waals surface area (Å²) in [7, 11) is 0. The molecule has 86 valence electrons. The van der Waals surface area contributed by atoms with E-state index >= 15 is 0 Å². The molecule has 0 unspecified atom stereocenters. The van der Waals surface area contributed by atoms with E-state index < -0.39 is 0 Å². The van der Waals surface area contributed by atoms with Crippen LogP contribution in [0.5, 0.6) is 0 Å². The van der Waals surface area contributed by atoms with E-state index in [4.69, 9.17) is 0 Å². The summed E-state index contributed by atoms with van der Waals surface area (Å²) in [5.41, 5.74) is 0. The van der Waals surface area contributed by atoms with Crippen LogP contribution in [-0.2, 0) is 4.79 Å². The maximum Gasteiger partial charge on any atom is 0.220 e. The van der Waals surface area contributed by atoms with Crippen molar-refractivity contribution in [2.75, 3.05) is 13.1 Å². The molecule has 0 radical (unpaired) electrons. The first-order chi connectivity index (χ1) is 7.34.